The first-order valence-corrected chi connectivity index (χ1v) is 8.33. The van der Waals surface area contributed by atoms with E-state index < -0.39 is 0 Å². The van der Waals surface area contributed by atoms with E-state index in [0.717, 1.165) is 0 Å². The summed E-state index contributed by atoms with van der Waals surface area (Å²) in [6.07, 6.45) is 0. The summed E-state index contributed by atoms with van der Waals surface area (Å²) in [5.74, 6) is 0. The molecule has 0 aliphatic rings. The van der Waals surface area contributed by atoms with Crippen molar-refractivity contribution in [1.29, 1.82) is 0 Å². The summed E-state index contributed by atoms with van der Waals surface area (Å²) in [5, 5.41) is 2.66. The lowest BCUT2D eigenvalue weighted by Crippen LogP contribution is -1.94. The highest BCUT2D eigenvalue weighted by Crippen LogP contribution is 2.31. The van der Waals surface area contributed by atoms with Crippen LogP contribution in [0.5, 0.6) is 0 Å². The van der Waals surface area contributed by atoms with Crippen molar-refractivity contribution in [2.45, 2.75) is 48.5 Å². The second-order valence-electron chi connectivity index (χ2n) is 4.96. The molecule has 0 amide bonds. The van der Waals surface area contributed by atoms with Crippen LogP contribution in [0.25, 0.3) is 27.5 Å². The monoisotopic (exact) mass is 295 g/mol. The molecule has 1 aromatic heterocycles. The van der Waals surface area contributed by atoms with Gasteiger partial charge in [-0.15, -0.1) is 0 Å². The highest BCUT2D eigenvalue weighted by atomic mass is 15.0. The van der Waals surface area contributed by atoms with Gasteiger partial charge < -0.3 is 4.57 Å². The average molecular weight is 295 g/mol. The maximum Gasteiger partial charge on any atom is 0.0537 e. The number of hydrogen-bond donors (Lipinski definition) is 0. The van der Waals surface area contributed by atoms with E-state index in [2.05, 4.69) is 73.9 Å². The molecule has 0 spiro atoms. The molecule has 0 saturated carbocycles. The third-order valence-electron chi connectivity index (χ3n) is 3.64. The number of hydrogen-bond acceptors (Lipinski definition) is 0. The van der Waals surface area contributed by atoms with Crippen LogP contribution in [0.3, 0.4) is 0 Å². The molecule has 0 radical (unpaired) electrons. The second kappa shape index (κ2) is 8.43. The van der Waals surface area contributed by atoms with Crippen molar-refractivity contribution in [3.05, 3.63) is 54.1 Å². The fraction of sp³-hybridized carbons (Fsp3) is 0.333. The zero-order chi connectivity index (χ0) is 16.7. The summed E-state index contributed by atoms with van der Waals surface area (Å²) in [5.41, 5.74) is 5.24. The van der Waals surface area contributed by atoms with Gasteiger partial charge in [-0.25, -0.2) is 0 Å². The maximum absolute atomic E-state index is 2.36. The lowest BCUT2D eigenvalue weighted by molar-refractivity contribution is 1.15. The fourth-order valence-corrected chi connectivity index (χ4v) is 2.51. The predicted molar refractivity (Wildman–Crippen MR) is 102 cm³/mol. The van der Waals surface area contributed by atoms with Crippen LogP contribution in [-0.2, 0) is 0 Å². The lowest BCUT2D eigenvalue weighted by Gasteiger charge is -2.09. The van der Waals surface area contributed by atoms with Crippen molar-refractivity contribution in [2.24, 2.45) is 0 Å². The molecule has 118 valence electrons. The van der Waals surface area contributed by atoms with Crippen LogP contribution in [0, 0.1) is 0 Å². The van der Waals surface area contributed by atoms with E-state index in [4.69, 9.17) is 0 Å². The van der Waals surface area contributed by atoms with Crippen LogP contribution < -0.4 is 0 Å². The van der Waals surface area contributed by atoms with E-state index in [1.807, 2.05) is 27.7 Å². The van der Waals surface area contributed by atoms with Gasteiger partial charge in [0, 0.05) is 16.5 Å². The summed E-state index contributed by atoms with van der Waals surface area (Å²) in [7, 11) is 0. The number of allylic oxidation sites excluding steroid dienone is 2. The second-order valence-corrected chi connectivity index (χ2v) is 4.96. The number of fused-ring (bicyclic) bond motifs is 3. The molecular formula is C21H29N. The molecule has 3 rings (SSSR count). The van der Waals surface area contributed by atoms with Crippen LogP contribution in [-0.4, -0.2) is 4.57 Å². The summed E-state index contributed by atoms with van der Waals surface area (Å²) in [6.45, 7) is 14.5. The summed E-state index contributed by atoms with van der Waals surface area (Å²) in [6, 6.07) is 17.2. The van der Waals surface area contributed by atoms with Crippen molar-refractivity contribution in [3.63, 3.8) is 0 Å². The van der Waals surface area contributed by atoms with E-state index in [1.165, 1.54) is 33.1 Å². The van der Waals surface area contributed by atoms with Crippen LogP contribution in [0.15, 0.2) is 54.1 Å². The van der Waals surface area contributed by atoms with Crippen molar-refractivity contribution in [1.82, 2.24) is 4.57 Å². The first-order chi connectivity index (χ1) is 10.7. The van der Waals surface area contributed by atoms with E-state index in [9.17, 15) is 0 Å². The van der Waals surface area contributed by atoms with Crippen LogP contribution >= 0.6 is 0 Å². The summed E-state index contributed by atoms with van der Waals surface area (Å²) < 4.78 is 2.36. The third-order valence-corrected chi connectivity index (χ3v) is 3.64. The number of rotatable bonds is 1. The van der Waals surface area contributed by atoms with Crippen molar-refractivity contribution in [2.75, 3.05) is 0 Å². The van der Waals surface area contributed by atoms with Gasteiger partial charge in [-0.05, 0) is 32.9 Å². The molecule has 0 unspecified atom stereocenters. The molecule has 1 heterocycles. The maximum atomic E-state index is 2.36. The minimum Gasteiger partial charge on any atom is -0.313 e. The molecular weight excluding hydrogens is 266 g/mol. The Balaban J connectivity index is 0.000000561. The topological polar surface area (TPSA) is 4.93 Å². The number of para-hydroxylation sites is 2. The Morgan fingerprint density at radius 3 is 1.36 bits per heavy atom. The van der Waals surface area contributed by atoms with Gasteiger partial charge in [0.25, 0.3) is 0 Å². The number of aromatic nitrogens is 1. The molecule has 1 nitrogen and oxygen atoms in total. The number of nitrogens with zero attached hydrogens (tertiary/aromatic N) is 1. The minimum absolute atomic E-state index is 1.29. The van der Waals surface area contributed by atoms with Crippen LogP contribution in [0.1, 0.15) is 48.5 Å². The Labute approximate surface area is 135 Å². The molecule has 2 aromatic carbocycles. The Kier molecular flexibility index (Phi) is 6.91. The van der Waals surface area contributed by atoms with Gasteiger partial charge in [-0.2, -0.15) is 0 Å². The zero-order valence-corrected chi connectivity index (χ0v) is 15.1. The van der Waals surface area contributed by atoms with Gasteiger partial charge in [-0.3, -0.25) is 0 Å². The van der Waals surface area contributed by atoms with Crippen molar-refractivity contribution >= 4 is 27.5 Å². The lowest BCUT2D eigenvalue weighted by atomic mass is 10.2. The molecule has 3 aromatic rings. The molecule has 1 heteroatoms. The van der Waals surface area contributed by atoms with Crippen molar-refractivity contribution < 1.29 is 0 Å². The fourth-order valence-electron chi connectivity index (χ4n) is 2.51. The quantitative estimate of drug-likeness (QED) is 0.450. The van der Waals surface area contributed by atoms with E-state index in [1.54, 1.807) is 0 Å². The van der Waals surface area contributed by atoms with Crippen LogP contribution in [0.2, 0.25) is 0 Å². The largest absolute Gasteiger partial charge is 0.313 e. The molecule has 0 fully saturated rings. The molecule has 0 aliphatic carbocycles. The van der Waals surface area contributed by atoms with E-state index >= 15 is 0 Å². The summed E-state index contributed by atoms with van der Waals surface area (Å²) >= 11 is 0. The average Bonchev–Trinajstić information content (AvgIpc) is 2.92. The predicted octanol–water partition coefficient (Wildman–Crippen LogP) is 7.12. The van der Waals surface area contributed by atoms with Gasteiger partial charge in [0.1, 0.15) is 0 Å². The molecule has 0 atom stereocenters. The van der Waals surface area contributed by atoms with Gasteiger partial charge in [0.05, 0.1) is 11.0 Å². The zero-order valence-electron chi connectivity index (χ0n) is 15.1. The SMILES string of the molecule is CC.CC.CC(C)=C(C)n1c2ccccc2c2ccccc21. The van der Waals surface area contributed by atoms with Gasteiger partial charge in [-0.1, -0.05) is 69.7 Å². The number of benzene rings is 2. The van der Waals surface area contributed by atoms with Gasteiger partial charge >= 0.3 is 0 Å². The molecule has 0 bridgehead atoms. The Morgan fingerprint density at radius 1 is 0.636 bits per heavy atom. The van der Waals surface area contributed by atoms with Gasteiger partial charge in [0.2, 0.25) is 0 Å². The molecule has 0 saturated heterocycles. The standard InChI is InChI=1S/C17H17N.2C2H6/c1-12(2)13(3)18-16-10-6-4-8-14(16)15-9-5-7-11-17(15)18;2*1-2/h4-11H,1-3H3;2*1-2H3. The van der Waals surface area contributed by atoms with Gasteiger partial charge in [0.15, 0.2) is 0 Å². The van der Waals surface area contributed by atoms with E-state index in [0.29, 0.717) is 0 Å². The highest BCUT2D eigenvalue weighted by molar-refractivity contribution is 6.09. The first kappa shape index (κ1) is 18.0. The van der Waals surface area contributed by atoms with Crippen molar-refractivity contribution in [3.8, 4) is 0 Å². The minimum atomic E-state index is 1.29. The highest BCUT2D eigenvalue weighted by Gasteiger charge is 2.10. The third kappa shape index (κ3) is 3.24. The Bertz CT molecular complexity index is 703. The Hall–Kier alpha value is -2.02. The molecule has 22 heavy (non-hydrogen) atoms. The first-order valence-electron chi connectivity index (χ1n) is 8.33. The normalized spacial score (nSPS) is 9.59. The molecule has 0 N–H and O–H groups in total. The Morgan fingerprint density at radius 2 is 1.00 bits per heavy atom. The van der Waals surface area contributed by atoms with Crippen LogP contribution in [0.4, 0.5) is 0 Å². The smallest absolute Gasteiger partial charge is 0.0537 e. The molecule has 0 aliphatic heterocycles. The van der Waals surface area contributed by atoms with E-state index in [-0.39, 0.29) is 0 Å². The summed E-state index contributed by atoms with van der Waals surface area (Å²) in [4.78, 5) is 0.